The predicted molar refractivity (Wildman–Crippen MR) is 119 cm³/mol. The Labute approximate surface area is 187 Å². The molecule has 2 N–H and O–H groups in total. The van der Waals surface area contributed by atoms with Gasteiger partial charge in [-0.2, -0.15) is 0 Å². The van der Waals surface area contributed by atoms with Crippen LogP contribution in [0.3, 0.4) is 0 Å². The van der Waals surface area contributed by atoms with E-state index in [9.17, 15) is 19.5 Å². The van der Waals surface area contributed by atoms with Crippen LogP contribution < -0.4 is 5.32 Å². The Bertz CT molecular complexity index is 991. The molecule has 1 aliphatic heterocycles. The monoisotopic (exact) mass is 436 g/mol. The molecule has 168 valence electrons. The molecule has 1 saturated heterocycles. The van der Waals surface area contributed by atoms with E-state index in [4.69, 9.17) is 4.74 Å². The maximum absolute atomic E-state index is 12.9. The number of carbonyl (C=O) groups is 3. The smallest absolute Gasteiger partial charge is 0.407 e. The number of ether oxygens (including phenoxy) is 1. The van der Waals surface area contributed by atoms with Gasteiger partial charge in [0.1, 0.15) is 12.6 Å². The Morgan fingerprint density at radius 1 is 1.09 bits per heavy atom. The number of carboxylic acids is 1. The highest BCUT2D eigenvalue weighted by Gasteiger charge is 2.37. The third kappa shape index (κ3) is 4.07. The lowest BCUT2D eigenvalue weighted by Gasteiger charge is -2.38. The fraction of sp³-hybridized carbons (Fsp3) is 0.400. The van der Waals surface area contributed by atoms with Crippen molar-refractivity contribution in [2.24, 2.45) is 5.92 Å². The van der Waals surface area contributed by atoms with E-state index in [2.05, 4.69) is 17.4 Å². The summed E-state index contributed by atoms with van der Waals surface area (Å²) in [6.45, 7) is 4.00. The normalized spacial score (nSPS) is 20.8. The van der Waals surface area contributed by atoms with E-state index in [0.29, 0.717) is 19.4 Å². The van der Waals surface area contributed by atoms with Crippen molar-refractivity contribution in [1.29, 1.82) is 0 Å². The molecule has 7 heteroatoms. The molecule has 2 aliphatic rings. The van der Waals surface area contributed by atoms with Crippen LogP contribution in [0.25, 0.3) is 11.1 Å². The van der Waals surface area contributed by atoms with Gasteiger partial charge in [0, 0.05) is 18.5 Å². The van der Waals surface area contributed by atoms with Crippen LogP contribution in [0, 0.1) is 5.92 Å². The second kappa shape index (κ2) is 9.02. The summed E-state index contributed by atoms with van der Waals surface area (Å²) in [5.74, 6) is -1.84. The number of alkyl carbamates (subject to hydrolysis) is 1. The molecule has 0 bridgehead atoms. The number of amides is 2. The molecule has 2 amide bonds. The molecule has 3 atom stereocenters. The average Bonchev–Trinajstić information content (AvgIpc) is 3.11. The van der Waals surface area contributed by atoms with Crippen LogP contribution >= 0.6 is 0 Å². The second-order valence-electron chi connectivity index (χ2n) is 8.55. The third-order valence-corrected chi connectivity index (χ3v) is 6.64. The SMILES string of the molecule is CC1C(C(=O)O)CCCN1C(=O)[C@@H](C)NC(=O)OCC1c2ccccc2-c2ccccc21. The Morgan fingerprint density at radius 3 is 2.28 bits per heavy atom. The first-order valence-electron chi connectivity index (χ1n) is 11.0. The molecule has 0 spiro atoms. The number of piperidine rings is 1. The van der Waals surface area contributed by atoms with Gasteiger partial charge in [0.15, 0.2) is 0 Å². The van der Waals surface area contributed by atoms with E-state index in [-0.39, 0.29) is 18.4 Å². The lowest BCUT2D eigenvalue weighted by Crippen LogP contribution is -2.55. The van der Waals surface area contributed by atoms with Gasteiger partial charge in [0.05, 0.1) is 5.92 Å². The fourth-order valence-electron chi connectivity index (χ4n) is 4.91. The van der Waals surface area contributed by atoms with Crippen molar-refractivity contribution in [1.82, 2.24) is 10.2 Å². The topological polar surface area (TPSA) is 95.9 Å². The molecule has 1 aliphatic carbocycles. The van der Waals surface area contributed by atoms with Crippen molar-refractivity contribution >= 4 is 18.0 Å². The van der Waals surface area contributed by atoms with Crippen molar-refractivity contribution in [3.63, 3.8) is 0 Å². The quantitative estimate of drug-likeness (QED) is 0.746. The number of hydrogen-bond acceptors (Lipinski definition) is 4. The van der Waals surface area contributed by atoms with Crippen molar-refractivity contribution in [2.45, 2.75) is 44.7 Å². The molecule has 7 nitrogen and oxygen atoms in total. The zero-order valence-electron chi connectivity index (χ0n) is 18.3. The van der Waals surface area contributed by atoms with Gasteiger partial charge >= 0.3 is 12.1 Å². The highest BCUT2D eigenvalue weighted by Crippen LogP contribution is 2.44. The minimum Gasteiger partial charge on any atom is -0.481 e. The lowest BCUT2D eigenvalue weighted by molar-refractivity contribution is -0.149. The molecule has 32 heavy (non-hydrogen) atoms. The standard InChI is InChI=1S/C25H28N2O5/c1-15(23(28)27-13-7-12-17(16(27)2)24(29)30)26-25(31)32-14-22-20-10-5-3-8-18(20)19-9-4-6-11-21(19)22/h3-6,8-11,15-17,22H,7,12-14H2,1-2H3,(H,26,31)(H,29,30)/t15-,16?,17?/m1/s1. The van der Waals surface area contributed by atoms with Crippen LogP contribution in [-0.2, 0) is 14.3 Å². The van der Waals surface area contributed by atoms with E-state index >= 15 is 0 Å². The van der Waals surface area contributed by atoms with Gasteiger partial charge in [0.25, 0.3) is 0 Å². The Balaban J connectivity index is 1.37. The molecule has 0 saturated carbocycles. The number of carboxylic acid groups (broad SMARTS) is 1. The van der Waals surface area contributed by atoms with Gasteiger partial charge < -0.3 is 20.1 Å². The number of carbonyl (C=O) groups excluding carboxylic acids is 2. The largest absolute Gasteiger partial charge is 0.481 e. The van der Waals surface area contributed by atoms with Gasteiger partial charge in [-0.3, -0.25) is 9.59 Å². The van der Waals surface area contributed by atoms with Gasteiger partial charge in [-0.1, -0.05) is 48.5 Å². The summed E-state index contributed by atoms with van der Waals surface area (Å²) in [5.41, 5.74) is 4.53. The number of aliphatic carboxylic acids is 1. The summed E-state index contributed by atoms with van der Waals surface area (Å²) in [7, 11) is 0. The molecule has 4 rings (SSSR count). The Hall–Kier alpha value is -3.35. The molecule has 0 radical (unpaired) electrons. The highest BCUT2D eigenvalue weighted by atomic mass is 16.5. The molecular weight excluding hydrogens is 408 g/mol. The zero-order valence-corrected chi connectivity index (χ0v) is 18.3. The van der Waals surface area contributed by atoms with Gasteiger partial charge in [-0.15, -0.1) is 0 Å². The van der Waals surface area contributed by atoms with E-state index < -0.39 is 30.1 Å². The van der Waals surface area contributed by atoms with Gasteiger partial charge in [-0.05, 0) is 48.9 Å². The summed E-state index contributed by atoms with van der Waals surface area (Å²) < 4.78 is 5.52. The van der Waals surface area contributed by atoms with Crippen LogP contribution in [0.4, 0.5) is 4.79 Å². The third-order valence-electron chi connectivity index (χ3n) is 6.64. The first-order chi connectivity index (χ1) is 15.4. The highest BCUT2D eigenvalue weighted by molar-refractivity contribution is 5.86. The molecule has 1 heterocycles. The summed E-state index contributed by atoms with van der Waals surface area (Å²) in [5, 5.41) is 12.0. The predicted octanol–water partition coefficient (Wildman–Crippen LogP) is 3.63. The Kier molecular flexibility index (Phi) is 6.17. The number of likely N-dealkylation sites (tertiary alicyclic amines) is 1. The average molecular weight is 437 g/mol. The number of benzene rings is 2. The van der Waals surface area contributed by atoms with Crippen molar-refractivity contribution < 1.29 is 24.2 Å². The van der Waals surface area contributed by atoms with Crippen molar-refractivity contribution in [3.05, 3.63) is 59.7 Å². The maximum Gasteiger partial charge on any atom is 0.407 e. The van der Waals surface area contributed by atoms with Crippen LogP contribution in [0.15, 0.2) is 48.5 Å². The van der Waals surface area contributed by atoms with Crippen molar-refractivity contribution in [3.8, 4) is 11.1 Å². The first-order valence-corrected chi connectivity index (χ1v) is 11.0. The van der Waals surface area contributed by atoms with Gasteiger partial charge in [0.2, 0.25) is 5.91 Å². The van der Waals surface area contributed by atoms with Crippen LogP contribution in [0.2, 0.25) is 0 Å². The summed E-state index contributed by atoms with van der Waals surface area (Å²) in [4.78, 5) is 38.3. The molecule has 2 unspecified atom stereocenters. The fourth-order valence-corrected chi connectivity index (χ4v) is 4.91. The number of nitrogens with one attached hydrogen (secondary N) is 1. The minimum atomic E-state index is -0.896. The van der Waals surface area contributed by atoms with E-state index in [0.717, 1.165) is 22.3 Å². The summed E-state index contributed by atoms with van der Waals surface area (Å²) >= 11 is 0. The molecule has 0 aromatic heterocycles. The lowest BCUT2D eigenvalue weighted by atomic mass is 9.90. The van der Waals surface area contributed by atoms with E-state index in [1.807, 2.05) is 36.4 Å². The van der Waals surface area contributed by atoms with E-state index in [1.54, 1.807) is 18.7 Å². The van der Waals surface area contributed by atoms with E-state index in [1.165, 1.54) is 0 Å². The number of fused-ring (bicyclic) bond motifs is 3. The van der Waals surface area contributed by atoms with Crippen LogP contribution in [-0.4, -0.2) is 53.2 Å². The Morgan fingerprint density at radius 2 is 1.69 bits per heavy atom. The molecule has 1 fully saturated rings. The maximum atomic E-state index is 12.9. The van der Waals surface area contributed by atoms with Gasteiger partial charge in [-0.25, -0.2) is 4.79 Å². The molecule has 2 aromatic carbocycles. The van der Waals surface area contributed by atoms with Crippen LogP contribution in [0.1, 0.15) is 43.7 Å². The summed E-state index contributed by atoms with van der Waals surface area (Å²) in [6, 6.07) is 14.9. The summed E-state index contributed by atoms with van der Waals surface area (Å²) in [6.07, 6.45) is 0.520. The minimum absolute atomic E-state index is 0.0578. The van der Waals surface area contributed by atoms with Crippen molar-refractivity contribution in [2.75, 3.05) is 13.2 Å². The zero-order chi connectivity index (χ0) is 22.8. The number of nitrogens with zero attached hydrogens (tertiary/aromatic N) is 1. The second-order valence-corrected chi connectivity index (χ2v) is 8.55. The number of hydrogen-bond donors (Lipinski definition) is 2. The first kappa shape index (κ1) is 21.9. The molecular formula is C25H28N2O5. The molecule has 2 aromatic rings. The number of rotatable bonds is 5. The van der Waals surface area contributed by atoms with Crippen LogP contribution in [0.5, 0.6) is 0 Å².